The maximum atomic E-state index is 13.0. The van der Waals surface area contributed by atoms with Crippen LogP contribution in [0.4, 0.5) is 4.39 Å². The van der Waals surface area contributed by atoms with Crippen molar-refractivity contribution in [2.75, 3.05) is 26.2 Å². The summed E-state index contributed by atoms with van der Waals surface area (Å²) in [6, 6.07) is 12.6. The summed E-state index contributed by atoms with van der Waals surface area (Å²) in [5.41, 5.74) is 1.23. The summed E-state index contributed by atoms with van der Waals surface area (Å²) in [5.74, 6) is 1.32. The molecule has 0 aromatic heterocycles. The van der Waals surface area contributed by atoms with Gasteiger partial charge in [-0.15, -0.1) is 0 Å². The number of nitrogens with zero attached hydrogens (tertiary/aromatic N) is 3. The maximum absolute atomic E-state index is 13.0. The number of rotatable bonds is 6. The third-order valence-corrected chi connectivity index (χ3v) is 5.38. The average molecular weight is 383 g/mol. The molecule has 2 aromatic carbocycles. The van der Waals surface area contributed by atoms with E-state index in [1.165, 1.54) is 18.4 Å². The summed E-state index contributed by atoms with van der Waals surface area (Å²) in [6.45, 7) is 3.74. The molecule has 2 aliphatic heterocycles. The summed E-state index contributed by atoms with van der Waals surface area (Å²) < 4.78 is 18.9. The van der Waals surface area contributed by atoms with Crippen molar-refractivity contribution in [1.29, 1.82) is 0 Å². The van der Waals surface area contributed by atoms with Crippen LogP contribution in [0.15, 0.2) is 52.4 Å². The lowest BCUT2D eigenvalue weighted by molar-refractivity contribution is 0.155. The van der Waals surface area contributed by atoms with E-state index in [2.05, 4.69) is 14.9 Å². The molecular weight excluding hydrogens is 361 g/mol. The number of halogens is 1. The van der Waals surface area contributed by atoms with Gasteiger partial charge in [0.15, 0.2) is 0 Å². The van der Waals surface area contributed by atoms with Crippen LogP contribution < -0.4 is 15.5 Å². The van der Waals surface area contributed by atoms with Gasteiger partial charge in [-0.05, 0) is 80.3 Å². The number of hydrogen-bond acceptors (Lipinski definition) is 3. The molecule has 1 fully saturated rings. The summed E-state index contributed by atoms with van der Waals surface area (Å²) in [4.78, 5) is 10.8. The van der Waals surface area contributed by atoms with Gasteiger partial charge in [0, 0.05) is 12.6 Å². The fraction of sp³-hybridized carbons (Fsp3) is 0.381. The zero-order chi connectivity index (χ0) is 18.6. The molecule has 1 saturated heterocycles. The minimum absolute atomic E-state index is 0.164. The highest BCUT2D eigenvalue weighted by Gasteiger charge is 2.19. The third-order valence-electron chi connectivity index (χ3n) is 5.20. The van der Waals surface area contributed by atoms with E-state index < -0.39 is 0 Å². The number of hydrogen-bond donors (Lipinski definition) is 0. The van der Waals surface area contributed by atoms with Gasteiger partial charge in [0.25, 0.3) is 0 Å². The molecule has 0 saturated carbocycles. The minimum Gasteiger partial charge on any atom is -0.492 e. The van der Waals surface area contributed by atoms with Gasteiger partial charge in [-0.25, -0.2) is 14.4 Å². The van der Waals surface area contributed by atoms with Crippen LogP contribution in [0.3, 0.4) is 0 Å². The average Bonchev–Trinajstić information content (AvgIpc) is 3.04. The van der Waals surface area contributed by atoms with Crippen molar-refractivity contribution in [1.82, 2.24) is 4.90 Å². The highest BCUT2D eigenvalue weighted by atomic mass is 32.1. The van der Waals surface area contributed by atoms with E-state index in [0.29, 0.717) is 17.6 Å². The quantitative estimate of drug-likeness (QED) is 0.720. The normalized spacial score (nSPS) is 17.3. The molecule has 0 bridgehead atoms. The van der Waals surface area contributed by atoms with E-state index in [1.54, 1.807) is 12.1 Å². The fourth-order valence-corrected chi connectivity index (χ4v) is 3.87. The van der Waals surface area contributed by atoms with Crippen LogP contribution in [-0.4, -0.2) is 36.3 Å². The summed E-state index contributed by atoms with van der Waals surface area (Å²) >= 11 is 5.00. The zero-order valence-electron chi connectivity index (χ0n) is 15.1. The van der Waals surface area contributed by atoms with E-state index in [1.807, 2.05) is 30.3 Å². The van der Waals surface area contributed by atoms with Crippen molar-refractivity contribution >= 4 is 17.3 Å². The monoisotopic (exact) mass is 383 g/mol. The first-order valence-corrected chi connectivity index (χ1v) is 9.77. The lowest BCUT2D eigenvalue weighted by atomic mass is 9.90. The summed E-state index contributed by atoms with van der Waals surface area (Å²) in [7, 11) is 0. The number of thiocarbonyl (C=S) groups is 1. The molecule has 2 heterocycles. The molecule has 0 amide bonds. The third kappa shape index (κ3) is 4.76. The number of fused-ring (bicyclic) bond motifs is 1. The molecule has 0 radical (unpaired) electrons. The maximum Gasteiger partial charge on any atom is 0.220 e. The van der Waals surface area contributed by atoms with Crippen LogP contribution in [0.1, 0.15) is 18.4 Å². The molecule has 2 aliphatic rings. The molecule has 2 aromatic rings. The summed E-state index contributed by atoms with van der Waals surface area (Å²) in [6.07, 6.45) is 3.39. The van der Waals surface area contributed by atoms with Crippen LogP contribution in [0.2, 0.25) is 0 Å². The van der Waals surface area contributed by atoms with Crippen LogP contribution in [0.25, 0.3) is 0 Å². The lowest BCUT2D eigenvalue weighted by Gasteiger charge is -2.31. The van der Waals surface area contributed by atoms with Gasteiger partial charge in [0.05, 0.1) is 10.7 Å². The van der Waals surface area contributed by atoms with Crippen LogP contribution in [0, 0.1) is 11.7 Å². The fourth-order valence-electron chi connectivity index (χ4n) is 3.67. The van der Waals surface area contributed by atoms with Gasteiger partial charge in [-0.1, -0.05) is 12.1 Å². The van der Waals surface area contributed by atoms with Gasteiger partial charge >= 0.3 is 0 Å². The zero-order valence-corrected chi connectivity index (χ0v) is 15.9. The first-order chi connectivity index (χ1) is 13.2. The summed E-state index contributed by atoms with van der Waals surface area (Å²) in [5, 5.41) is 1.99. The SMILES string of the molecule is Fc1ccc(CC2CCN(CCOc3ccc4c(c3)=NC(=S)N=4)CC2)cc1. The largest absolute Gasteiger partial charge is 0.492 e. The molecule has 0 spiro atoms. The van der Waals surface area contributed by atoms with Crippen LogP contribution >= 0.6 is 12.2 Å². The van der Waals surface area contributed by atoms with Crippen molar-refractivity contribution < 1.29 is 9.13 Å². The van der Waals surface area contributed by atoms with Crippen molar-refractivity contribution in [2.45, 2.75) is 19.3 Å². The second-order valence-corrected chi connectivity index (χ2v) is 7.49. The standard InChI is InChI=1S/C21H22FN3OS/c22-17-3-1-15(2-4-17)13-16-7-9-25(10-8-16)11-12-26-18-5-6-19-20(14-18)24-21(27)23-19/h1-6,14,16H,7-13H2. The Balaban J connectivity index is 1.21. The smallest absolute Gasteiger partial charge is 0.220 e. The molecule has 0 N–H and O–H groups in total. The van der Waals surface area contributed by atoms with Crippen molar-refractivity contribution in [3.05, 3.63) is 64.6 Å². The molecule has 140 valence electrons. The van der Waals surface area contributed by atoms with Gasteiger partial charge < -0.3 is 4.74 Å². The number of piperidine rings is 1. The lowest BCUT2D eigenvalue weighted by Crippen LogP contribution is -2.37. The molecular formula is C21H22FN3OS. The van der Waals surface area contributed by atoms with E-state index in [4.69, 9.17) is 17.0 Å². The molecule has 0 aliphatic carbocycles. The topological polar surface area (TPSA) is 37.2 Å². The van der Waals surface area contributed by atoms with Crippen molar-refractivity contribution in [3.63, 3.8) is 0 Å². The highest BCUT2D eigenvalue weighted by Crippen LogP contribution is 2.21. The minimum atomic E-state index is -0.164. The van der Waals surface area contributed by atoms with E-state index in [9.17, 15) is 4.39 Å². The Labute approximate surface area is 163 Å². The molecule has 0 atom stereocenters. The first-order valence-electron chi connectivity index (χ1n) is 9.37. The first kappa shape index (κ1) is 18.2. The molecule has 6 heteroatoms. The predicted molar refractivity (Wildman–Crippen MR) is 106 cm³/mol. The van der Waals surface area contributed by atoms with Gasteiger partial charge in [-0.3, -0.25) is 4.90 Å². The van der Waals surface area contributed by atoms with E-state index >= 15 is 0 Å². The van der Waals surface area contributed by atoms with Crippen LogP contribution in [0.5, 0.6) is 5.75 Å². The van der Waals surface area contributed by atoms with Gasteiger partial charge in [-0.2, -0.15) is 0 Å². The van der Waals surface area contributed by atoms with Crippen molar-refractivity contribution in [3.8, 4) is 5.75 Å². The second kappa shape index (κ2) is 8.23. The van der Waals surface area contributed by atoms with Crippen LogP contribution in [-0.2, 0) is 6.42 Å². The Bertz CT molecular complexity index is 937. The number of ether oxygens (including phenoxy) is 1. The number of likely N-dealkylation sites (tertiary alicyclic amines) is 1. The Kier molecular flexibility index (Phi) is 5.55. The predicted octanol–water partition coefficient (Wildman–Crippen LogP) is 2.70. The molecule has 4 nitrogen and oxygen atoms in total. The molecule has 4 rings (SSSR count). The molecule has 0 unspecified atom stereocenters. The Hall–Kier alpha value is -2.18. The number of benzene rings is 2. The van der Waals surface area contributed by atoms with Crippen molar-refractivity contribution in [2.24, 2.45) is 15.9 Å². The Morgan fingerprint density at radius 1 is 1.04 bits per heavy atom. The molecule has 27 heavy (non-hydrogen) atoms. The van der Waals surface area contributed by atoms with Gasteiger partial charge in [0.2, 0.25) is 5.11 Å². The highest BCUT2D eigenvalue weighted by molar-refractivity contribution is 7.80. The van der Waals surface area contributed by atoms with E-state index in [0.717, 1.165) is 42.5 Å². The second-order valence-electron chi connectivity index (χ2n) is 7.12. The van der Waals surface area contributed by atoms with Gasteiger partial charge in [0.1, 0.15) is 18.2 Å². The van der Waals surface area contributed by atoms with E-state index in [-0.39, 0.29) is 5.82 Å². The Morgan fingerprint density at radius 3 is 2.56 bits per heavy atom. The Morgan fingerprint density at radius 2 is 1.78 bits per heavy atom.